The second-order valence-electron chi connectivity index (χ2n) is 4.20. The molecule has 0 unspecified atom stereocenters. The monoisotopic (exact) mass is 327 g/mol. The van der Waals surface area contributed by atoms with Gasteiger partial charge in [-0.15, -0.1) is 0 Å². The summed E-state index contributed by atoms with van der Waals surface area (Å²) in [6.07, 6.45) is -5.85. The highest BCUT2D eigenvalue weighted by Crippen LogP contribution is 2.28. The Kier molecular flexibility index (Phi) is 4.79. The molecule has 1 aromatic carbocycles. The number of nitro groups is 1. The van der Waals surface area contributed by atoms with E-state index < -0.39 is 44.7 Å². The standard InChI is InChI=1S/C10H12F3N3O4S/c1-6-4-7(14)8(16(17)18)5-9(6)21(19,20)15-3-2-10(11,12)13/h4-5,15H,2-3,14H2,1H3. The van der Waals surface area contributed by atoms with E-state index >= 15 is 0 Å². The number of aryl methyl sites for hydroxylation is 1. The Labute approximate surface area is 118 Å². The summed E-state index contributed by atoms with van der Waals surface area (Å²) in [5.74, 6) is 0. The smallest absolute Gasteiger partial charge is 0.390 e. The zero-order valence-corrected chi connectivity index (χ0v) is 11.6. The Morgan fingerprint density at radius 2 is 1.95 bits per heavy atom. The SMILES string of the molecule is Cc1cc(N)c([N+](=O)[O-])cc1S(=O)(=O)NCCC(F)(F)F. The van der Waals surface area contributed by atoms with E-state index in [1.807, 2.05) is 0 Å². The molecular weight excluding hydrogens is 315 g/mol. The van der Waals surface area contributed by atoms with Crippen LogP contribution < -0.4 is 10.5 Å². The van der Waals surface area contributed by atoms with Crippen molar-refractivity contribution in [2.24, 2.45) is 0 Å². The van der Waals surface area contributed by atoms with Crippen molar-refractivity contribution < 1.29 is 26.5 Å². The molecule has 0 radical (unpaired) electrons. The van der Waals surface area contributed by atoms with Crippen molar-refractivity contribution in [3.63, 3.8) is 0 Å². The molecule has 1 rings (SSSR count). The first-order chi connectivity index (χ1) is 9.44. The lowest BCUT2D eigenvalue weighted by molar-refractivity contribution is -0.384. The maximum Gasteiger partial charge on any atom is 0.390 e. The number of hydrogen-bond acceptors (Lipinski definition) is 5. The van der Waals surface area contributed by atoms with Crippen LogP contribution in [0.25, 0.3) is 0 Å². The molecule has 11 heteroatoms. The number of hydrogen-bond donors (Lipinski definition) is 2. The van der Waals surface area contributed by atoms with Gasteiger partial charge in [-0.05, 0) is 18.6 Å². The third-order valence-electron chi connectivity index (χ3n) is 2.51. The van der Waals surface area contributed by atoms with Gasteiger partial charge in [-0.25, -0.2) is 13.1 Å². The Balaban J connectivity index is 3.08. The minimum Gasteiger partial charge on any atom is -0.393 e. The fourth-order valence-corrected chi connectivity index (χ4v) is 2.83. The van der Waals surface area contributed by atoms with Gasteiger partial charge in [0, 0.05) is 12.6 Å². The Morgan fingerprint density at radius 3 is 2.43 bits per heavy atom. The lowest BCUT2D eigenvalue weighted by Crippen LogP contribution is -2.28. The molecule has 0 saturated heterocycles. The first kappa shape index (κ1) is 17.2. The van der Waals surface area contributed by atoms with Crippen LogP contribution in [0.4, 0.5) is 24.5 Å². The summed E-state index contributed by atoms with van der Waals surface area (Å²) in [4.78, 5) is 9.37. The number of nitrogens with two attached hydrogens (primary N) is 1. The molecule has 0 heterocycles. The second kappa shape index (κ2) is 5.85. The quantitative estimate of drug-likeness (QED) is 0.485. The Morgan fingerprint density at radius 1 is 1.38 bits per heavy atom. The van der Waals surface area contributed by atoms with Crippen LogP contribution in [0.3, 0.4) is 0 Å². The van der Waals surface area contributed by atoms with Crippen LogP contribution in [-0.2, 0) is 10.0 Å². The molecule has 0 aliphatic heterocycles. The number of nitrogens with one attached hydrogen (secondary N) is 1. The summed E-state index contributed by atoms with van der Waals surface area (Å²) in [5.41, 5.74) is 4.62. The van der Waals surface area contributed by atoms with E-state index in [1.165, 1.54) is 6.92 Å². The lowest BCUT2D eigenvalue weighted by Gasteiger charge is -2.11. The van der Waals surface area contributed by atoms with E-state index in [0.717, 1.165) is 12.1 Å². The number of nitrogens with zero attached hydrogens (tertiary/aromatic N) is 1. The van der Waals surface area contributed by atoms with Crippen molar-refractivity contribution in [1.82, 2.24) is 4.72 Å². The van der Waals surface area contributed by atoms with Gasteiger partial charge in [-0.3, -0.25) is 10.1 Å². The van der Waals surface area contributed by atoms with E-state index in [2.05, 4.69) is 0 Å². The van der Waals surface area contributed by atoms with Crippen LogP contribution in [0, 0.1) is 17.0 Å². The molecule has 118 valence electrons. The maximum absolute atomic E-state index is 12.0. The summed E-state index contributed by atoms with van der Waals surface area (Å²) in [6, 6.07) is 1.80. The number of nitro benzene ring substituents is 1. The van der Waals surface area contributed by atoms with Gasteiger partial charge in [0.2, 0.25) is 10.0 Å². The maximum atomic E-state index is 12.0. The average Bonchev–Trinajstić information content (AvgIpc) is 2.25. The minimum atomic E-state index is -4.51. The van der Waals surface area contributed by atoms with Crippen LogP contribution >= 0.6 is 0 Å². The van der Waals surface area contributed by atoms with Gasteiger partial charge < -0.3 is 5.73 Å². The largest absolute Gasteiger partial charge is 0.393 e. The summed E-state index contributed by atoms with van der Waals surface area (Å²) in [5, 5.41) is 10.7. The first-order valence-corrected chi connectivity index (χ1v) is 7.03. The molecule has 0 aliphatic carbocycles. The average molecular weight is 327 g/mol. The fraction of sp³-hybridized carbons (Fsp3) is 0.400. The first-order valence-electron chi connectivity index (χ1n) is 5.55. The van der Waals surface area contributed by atoms with Crippen LogP contribution in [0.1, 0.15) is 12.0 Å². The fourth-order valence-electron chi connectivity index (χ4n) is 1.55. The number of nitrogen functional groups attached to an aromatic ring is 1. The van der Waals surface area contributed by atoms with E-state index in [9.17, 15) is 31.7 Å². The normalized spacial score (nSPS) is 12.4. The summed E-state index contributed by atoms with van der Waals surface area (Å²) < 4.78 is 61.5. The van der Waals surface area contributed by atoms with Crippen LogP contribution in [-0.4, -0.2) is 26.1 Å². The third kappa shape index (κ3) is 4.56. The molecule has 0 bridgehead atoms. The van der Waals surface area contributed by atoms with Gasteiger partial charge >= 0.3 is 6.18 Å². The Hall–Kier alpha value is -1.88. The van der Waals surface area contributed by atoms with Gasteiger partial charge in [-0.1, -0.05) is 0 Å². The highest BCUT2D eigenvalue weighted by molar-refractivity contribution is 7.89. The predicted molar refractivity (Wildman–Crippen MR) is 68.1 cm³/mol. The van der Waals surface area contributed by atoms with Gasteiger partial charge in [0.1, 0.15) is 5.69 Å². The van der Waals surface area contributed by atoms with E-state index in [-0.39, 0.29) is 11.3 Å². The predicted octanol–water partition coefficient (Wildman–Crippen LogP) is 1.72. The third-order valence-corrected chi connectivity index (χ3v) is 4.11. The molecule has 3 N–H and O–H groups in total. The summed E-state index contributed by atoms with van der Waals surface area (Å²) in [7, 11) is -4.30. The highest BCUT2D eigenvalue weighted by atomic mass is 32.2. The number of rotatable bonds is 5. The van der Waals surface area contributed by atoms with Gasteiger partial charge in [-0.2, -0.15) is 13.2 Å². The molecule has 0 saturated carbocycles. The molecule has 7 nitrogen and oxygen atoms in total. The molecular formula is C10H12F3N3O4S. The number of sulfonamides is 1. The molecule has 0 spiro atoms. The van der Waals surface area contributed by atoms with Crippen molar-refractivity contribution in [3.8, 4) is 0 Å². The number of halogens is 3. The highest BCUT2D eigenvalue weighted by Gasteiger charge is 2.28. The molecule has 0 fully saturated rings. The number of benzene rings is 1. The Bertz CT molecular complexity index is 658. The minimum absolute atomic E-state index is 0.0950. The molecule has 0 aliphatic rings. The van der Waals surface area contributed by atoms with Crippen molar-refractivity contribution in [2.75, 3.05) is 12.3 Å². The summed E-state index contributed by atoms with van der Waals surface area (Å²) >= 11 is 0. The van der Waals surface area contributed by atoms with Crippen molar-refractivity contribution >= 4 is 21.4 Å². The summed E-state index contributed by atoms with van der Waals surface area (Å²) in [6.45, 7) is 0.474. The zero-order valence-electron chi connectivity index (χ0n) is 10.8. The molecule has 0 aromatic heterocycles. The molecule has 1 aromatic rings. The van der Waals surface area contributed by atoms with Gasteiger partial charge in [0.15, 0.2) is 0 Å². The second-order valence-corrected chi connectivity index (χ2v) is 5.93. The van der Waals surface area contributed by atoms with Gasteiger partial charge in [0.25, 0.3) is 5.69 Å². The van der Waals surface area contributed by atoms with Crippen LogP contribution in [0.5, 0.6) is 0 Å². The molecule has 0 atom stereocenters. The molecule has 21 heavy (non-hydrogen) atoms. The lowest BCUT2D eigenvalue weighted by atomic mass is 10.2. The number of anilines is 1. The van der Waals surface area contributed by atoms with E-state index in [4.69, 9.17) is 5.73 Å². The van der Waals surface area contributed by atoms with Crippen molar-refractivity contribution in [1.29, 1.82) is 0 Å². The van der Waals surface area contributed by atoms with Crippen molar-refractivity contribution in [3.05, 3.63) is 27.8 Å². The van der Waals surface area contributed by atoms with E-state index in [0.29, 0.717) is 0 Å². The number of alkyl halides is 3. The zero-order chi connectivity index (χ0) is 16.4. The van der Waals surface area contributed by atoms with Crippen LogP contribution in [0.2, 0.25) is 0 Å². The van der Waals surface area contributed by atoms with E-state index in [1.54, 1.807) is 4.72 Å². The van der Waals surface area contributed by atoms with Gasteiger partial charge in [0.05, 0.1) is 16.2 Å². The molecule has 0 amide bonds. The van der Waals surface area contributed by atoms with Crippen molar-refractivity contribution in [2.45, 2.75) is 24.4 Å². The topological polar surface area (TPSA) is 115 Å². The van der Waals surface area contributed by atoms with Crippen LogP contribution in [0.15, 0.2) is 17.0 Å².